The second-order valence-corrected chi connectivity index (χ2v) is 4.60. The predicted molar refractivity (Wildman–Crippen MR) is 72.7 cm³/mol. The van der Waals surface area contributed by atoms with Gasteiger partial charge in [-0.25, -0.2) is 0 Å². The van der Waals surface area contributed by atoms with Crippen molar-refractivity contribution >= 4 is 22.6 Å². The van der Waals surface area contributed by atoms with Crippen LogP contribution in [-0.2, 0) is 13.0 Å². The topological polar surface area (TPSA) is 30.7 Å². The standard InChI is InChI=1S/C14H12ClN3/c15-12-7-5-11(6-8-12)9-10-18-16-13-3-1-2-4-14(13)17-18/h1-8H,9-10H2. The van der Waals surface area contributed by atoms with E-state index in [-0.39, 0.29) is 0 Å². The minimum absolute atomic E-state index is 0.765. The highest BCUT2D eigenvalue weighted by atomic mass is 35.5. The van der Waals surface area contributed by atoms with Crippen molar-refractivity contribution in [2.45, 2.75) is 13.0 Å². The van der Waals surface area contributed by atoms with Gasteiger partial charge in [0.25, 0.3) is 0 Å². The third-order valence-corrected chi connectivity index (χ3v) is 3.09. The van der Waals surface area contributed by atoms with E-state index in [4.69, 9.17) is 11.6 Å². The van der Waals surface area contributed by atoms with Crippen LogP contribution in [0.5, 0.6) is 0 Å². The van der Waals surface area contributed by atoms with E-state index in [2.05, 4.69) is 10.2 Å². The smallest absolute Gasteiger partial charge is 0.113 e. The largest absolute Gasteiger partial charge is 0.183 e. The van der Waals surface area contributed by atoms with Crippen molar-refractivity contribution < 1.29 is 0 Å². The van der Waals surface area contributed by atoms with Crippen LogP contribution in [0.25, 0.3) is 11.0 Å². The second-order valence-electron chi connectivity index (χ2n) is 4.16. The van der Waals surface area contributed by atoms with Gasteiger partial charge >= 0.3 is 0 Å². The number of hydrogen-bond acceptors (Lipinski definition) is 2. The zero-order chi connectivity index (χ0) is 12.4. The Bertz CT molecular complexity index is 625. The number of nitrogens with zero attached hydrogens (tertiary/aromatic N) is 3. The SMILES string of the molecule is Clc1ccc(CCn2nc3ccccc3n2)cc1. The Hall–Kier alpha value is -1.87. The van der Waals surface area contributed by atoms with Crippen LogP contribution in [-0.4, -0.2) is 15.0 Å². The third-order valence-electron chi connectivity index (χ3n) is 2.84. The van der Waals surface area contributed by atoms with E-state index in [9.17, 15) is 0 Å². The molecule has 0 N–H and O–H groups in total. The molecule has 0 saturated carbocycles. The molecule has 0 atom stereocenters. The Morgan fingerprint density at radius 1 is 0.889 bits per heavy atom. The van der Waals surface area contributed by atoms with Gasteiger partial charge in [0.2, 0.25) is 0 Å². The quantitative estimate of drug-likeness (QED) is 0.721. The fourth-order valence-corrected chi connectivity index (χ4v) is 2.01. The molecule has 90 valence electrons. The summed E-state index contributed by atoms with van der Waals surface area (Å²) in [7, 11) is 0. The van der Waals surface area contributed by atoms with Crippen molar-refractivity contribution in [3.63, 3.8) is 0 Å². The summed E-state index contributed by atoms with van der Waals surface area (Å²) >= 11 is 5.85. The predicted octanol–water partition coefficient (Wildman–Crippen LogP) is 3.33. The number of aryl methyl sites for hydroxylation is 2. The zero-order valence-corrected chi connectivity index (χ0v) is 10.5. The molecule has 0 bridgehead atoms. The van der Waals surface area contributed by atoms with E-state index in [1.807, 2.05) is 48.5 Å². The van der Waals surface area contributed by atoms with Crippen LogP contribution in [0, 0.1) is 0 Å². The van der Waals surface area contributed by atoms with Crippen molar-refractivity contribution in [1.29, 1.82) is 0 Å². The summed E-state index contributed by atoms with van der Waals surface area (Å²) in [5, 5.41) is 9.62. The Morgan fingerprint density at radius 2 is 1.50 bits per heavy atom. The maximum Gasteiger partial charge on any atom is 0.113 e. The minimum atomic E-state index is 0.765. The van der Waals surface area contributed by atoms with E-state index < -0.39 is 0 Å². The molecule has 0 radical (unpaired) electrons. The van der Waals surface area contributed by atoms with E-state index in [0.717, 1.165) is 29.0 Å². The summed E-state index contributed by atoms with van der Waals surface area (Å²) in [5.41, 5.74) is 3.11. The van der Waals surface area contributed by atoms with Crippen molar-refractivity contribution in [2.75, 3.05) is 0 Å². The first-order chi connectivity index (χ1) is 8.81. The van der Waals surface area contributed by atoms with Crippen molar-refractivity contribution in [3.8, 4) is 0 Å². The Labute approximate surface area is 110 Å². The molecule has 1 heterocycles. The summed E-state index contributed by atoms with van der Waals surface area (Å²) in [4.78, 5) is 1.75. The summed E-state index contributed by atoms with van der Waals surface area (Å²) < 4.78 is 0. The lowest BCUT2D eigenvalue weighted by Gasteiger charge is -2.00. The van der Waals surface area contributed by atoms with Crippen molar-refractivity contribution in [3.05, 3.63) is 59.1 Å². The molecule has 0 aliphatic rings. The highest BCUT2D eigenvalue weighted by molar-refractivity contribution is 6.30. The van der Waals surface area contributed by atoms with Gasteiger partial charge in [-0.2, -0.15) is 15.0 Å². The first-order valence-electron chi connectivity index (χ1n) is 5.85. The maximum atomic E-state index is 5.85. The van der Waals surface area contributed by atoms with Crippen LogP contribution in [0.3, 0.4) is 0 Å². The van der Waals surface area contributed by atoms with Gasteiger partial charge in [0.1, 0.15) is 11.0 Å². The van der Waals surface area contributed by atoms with Crippen LogP contribution >= 0.6 is 11.6 Å². The normalized spacial score (nSPS) is 10.9. The first kappa shape index (κ1) is 11.2. The summed E-state index contributed by atoms with van der Waals surface area (Å²) in [6.45, 7) is 0.774. The van der Waals surface area contributed by atoms with Crippen LogP contribution in [0.15, 0.2) is 48.5 Å². The second kappa shape index (κ2) is 4.78. The van der Waals surface area contributed by atoms with E-state index >= 15 is 0 Å². The van der Waals surface area contributed by atoms with Gasteiger partial charge in [-0.05, 0) is 36.2 Å². The molecule has 0 aliphatic carbocycles. The third kappa shape index (κ3) is 2.36. The first-order valence-corrected chi connectivity index (χ1v) is 6.23. The number of aromatic nitrogens is 3. The summed E-state index contributed by atoms with van der Waals surface area (Å²) in [6, 6.07) is 15.8. The van der Waals surface area contributed by atoms with Gasteiger partial charge in [-0.3, -0.25) is 0 Å². The van der Waals surface area contributed by atoms with Gasteiger partial charge in [0, 0.05) is 5.02 Å². The lowest BCUT2D eigenvalue weighted by molar-refractivity contribution is 0.544. The Kier molecular flexibility index (Phi) is 2.99. The molecule has 0 saturated heterocycles. The lowest BCUT2D eigenvalue weighted by atomic mass is 10.1. The molecule has 3 nitrogen and oxygen atoms in total. The number of fused-ring (bicyclic) bond motifs is 1. The molecule has 3 rings (SSSR count). The average Bonchev–Trinajstić information content (AvgIpc) is 2.81. The average molecular weight is 258 g/mol. The van der Waals surface area contributed by atoms with E-state index in [1.165, 1.54) is 5.56 Å². The molecule has 2 aromatic carbocycles. The van der Waals surface area contributed by atoms with Gasteiger partial charge < -0.3 is 0 Å². The fraction of sp³-hybridized carbons (Fsp3) is 0.143. The van der Waals surface area contributed by atoms with Crippen LogP contribution < -0.4 is 0 Å². The number of hydrogen-bond donors (Lipinski definition) is 0. The molecule has 1 aromatic heterocycles. The molecular formula is C14H12ClN3. The molecule has 18 heavy (non-hydrogen) atoms. The number of benzene rings is 2. The molecule has 0 amide bonds. The van der Waals surface area contributed by atoms with Gasteiger partial charge in [0.15, 0.2) is 0 Å². The lowest BCUT2D eigenvalue weighted by Crippen LogP contribution is -2.04. The van der Waals surface area contributed by atoms with Gasteiger partial charge in [0.05, 0.1) is 6.54 Å². The fourth-order valence-electron chi connectivity index (χ4n) is 1.88. The molecule has 0 fully saturated rings. The number of halogens is 1. The Morgan fingerprint density at radius 3 is 2.11 bits per heavy atom. The van der Waals surface area contributed by atoms with Crippen molar-refractivity contribution in [2.24, 2.45) is 0 Å². The Balaban J connectivity index is 1.74. The molecule has 0 aliphatic heterocycles. The molecule has 0 spiro atoms. The molecular weight excluding hydrogens is 246 g/mol. The molecule has 0 unspecified atom stereocenters. The van der Waals surface area contributed by atoms with Crippen molar-refractivity contribution in [1.82, 2.24) is 15.0 Å². The van der Waals surface area contributed by atoms with E-state index in [1.54, 1.807) is 4.80 Å². The zero-order valence-electron chi connectivity index (χ0n) is 9.75. The maximum absolute atomic E-state index is 5.85. The minimum Gasteiger partial charge on any atom is -0.183 e. The molecule has 4 heteroatoms. The van der Waals surface area contributed by atoms with Crippen LogP contribution in [0.2, 0.25) is 5.02 Å². The van der Waals surface area contributed by atoms with Crippen LogP contribution in [0.1, 0.15) is 5.56 Å². The highest BCUT2D eigenvalue weighted by Gasteiger charge is 2.01. The summed E-state index contributed by atoms with van der Waals surface area (Å²) in [5.74, 6) is 0. The highest BCUT2D eigenvalue weighted by Crippen LogP contribution is 2.11. The van der Waals surface area contributed by atoms with Gasteiger partial charge in [-0.15, -0.1) is 0 Å². The van der Waals surface area contributed by atoms with E-state index in [0.29, 0.717) is 0 Å². The summed E-state index contributed by atoms with van der Waals surface area (Å²) in [6.07, 6.45) is 0.901. The van der Waals surface area contributed by atoms with Crippen LogP contribution in [0.4, 0.5) is 0 Å². The monoisotopic (exact) mass is 257 g/mol. The van der Waals surface area contributed by atoms with Gasteiger partial charge in [-0.1, -0.05) is 35.9 Å². The number of rotatable bonds is 3. The molecule has 3 aromatic rings.